The van der Waals surface area contributed by atoms with Crippen LogP contribution in [0.5, 0.6) is 0 Å². The molecule has 3 nitrogen and oxygen atoms in total. The number of rotatable bonds is 5. The first-order valence-corrected chi connectivity index (χ1v) is 7.68. The maximum absolute atomic E-state index is 5.72. The van der Waals surface area contributed by atoms with Gasteiger partial charge in [-0.1, -0.05) is 25.1 Å². The summed E-state index contributed by atoms with van der Waals surface area (Å²) in [6, 6.07) is 9.01. The molecular weight excluding hydrogens is 262 g/mol. The third-order valence-electron chi connectivity index (χ3n) is 4.07. The van der Waals surface area contributed by atoms with Crippen LogP contribution in [0.3, 0.4) is 0 Å². The lowest BCUT2D eigenvalue weighted by molar-refractivity contribution is 0.134. The number of aryl methyl sites for hydroxylation is 2. The third-order valence-corrected chi connectivity index (χ3v) is 4.07. The van der Waals surface area contributed by atoms with Gasteiger partial charge in [-0.25, -0.2) is 0 Å². The summed E-state index contributed by atoms with van der Waals surface area (Å²) in [6.45, 7) is 8.69. The molecule has 2 aromatic rings. The highest BCUT2D eigenvalue weighted by atomic mass is 16.5. The largest absolute Gasteiger partial charge is 0.466 e. The van der Waals surface area contributed by atoms with Gasteiger partial charge in [0.2, 0.25) is 0 Å². The molecule has 0 bridgehead atoms. The molecule has 3 heteroatoms. The fourth-order valence-corrected chi connectivity index (χ4v) is 3.00. The molecule has 3 rings (SSSR count). The second-order valence-corrected chi connectivity index (χ2v) is 5.78. The van der Waals surface area contributed by atoms with Crippen molar-refractivity contribution in [1.29, 1.82) is 0 Å². The number of fused-ring (bicyclic) bond motifs is 1. The first kappa shape index (κ1) is 14.4. The van der Waals surface area contributed by atoms with E-state index in [4.69, 9.17) is 9.15 Å². The summed E-state index contributed by atoms with van der Waals surface area (Å²) in [7, 11) is 0. The number of hydrogen-bond acceptors (Lipinski definition) is 3. The molecule has 0 fully saturated rings. The molecule has 0 saturated heterocycles. The molecule has 0 aliphatic carbocycles. The van der Waals surface area contributed by atoms with Gasteiger partial charge in [0.1, 0.15) is 11.5 Å². The minimum Gasteiger partial charge on any atom is -0.466 e. The Morgan fingerprint density at radius 3 is 2.67 bits per heavy atom. The zero-order valence-electron chi connectivity index (χ0n) is 13.0. The average Bonchev–Trinajstić information content (AvgIpc) is 3.05. The molecular formula is C18H23NO2. The minimum atomic E-state index is 0.188. The van der Waals surface area contributed by atoms with E-state index in [1.807, 2.05) is 13.8 Å². The Morgan fingerprint density at radius 2 is 1.95 bits per heavy atom. The molecule has 0 radical (unpaired) electrons. The predicted molar refractivity (Wildman–Crippen MR) is 83.3 cm³/mol. The first-order valence-electron chi connectivity index (χ1n) is 7.68. The number of benzene rings is 1. The van der Waals surface area contributed by atoms with Crippen LogP contribution >= 0.6 is 0 Å². The van der Waals surface area contributed by atoms with Crippen molar-refractivity contribution in [3.05, 3.63) is 58.0 Å². The van der Waals surface area contributed by atoms with Gasteiger partial charge in [0, 0.05) is 5.56 Å². The van der Waals surface area contributed by atoms with Crippen LogP contribution < -0.4 is 5.32 Å². The van der Waals surface area contributed by atoms with Crippen molar-refractivity contribution in [2.45, 2.75) is 46.4 Å². The van der Waals surface area contributed by atoms with E-state index in [2.05, 4.69) is 36.5 Å². The lowest BCUT2D eigenvalue weighted by Crippen LogP contribution is -2.23. The number of hydrogen-bond donors (Lipinski definition) is 1. The van der Waals surface area contributed by atoms with Crippen LogP contribution in [0.15, 0.2) is 28.7 Å². The van der Waals surface area contributed by atoms with E-state index >= 15 is 0 Å². The number of furan rings is 1. The summed E-state index contributed by atoms with van der Waals surface area (Å²) in [6.07, 6.45) is 1.11. The molecule has 1 N–H and O–H groups in total. The van der Waals surface area contributed by atoms with Crippen LogP contribution in [0.25, 0.3) is 0 Å². The van der Waals surface area contributed by atoms with E-state index in [-0.39, 0.29) is 6.04 Å². The second-order valence-electron chi connectivity index (χ2n) is 5.78. The monoisotopic (exact) mass is 285 g/mol. The second kappa shape index (κ2) is 6.04. The maximum atomic E-state index is 5.72. The Hall–Kier alpha value is -1.58. The van der Waals surface area contributed by atoms with Crippen molar-refractivity contribution in [3.8, 4) is 0 Å². The Morgan fingerprint density at radius 1 is 1.14 bits per heavy atom. The van der Waals surface area contributed by atoms with E-state index in [1.54, 1.807) is 0 Å². The quantitative estimate of drug-likeness (QED) is 0.901. The Bertz CT molecular complexity index is 630. The maximum Gasteiger partial charge on any atom is 0.106 e. The molecule has 1 aromatic heterocycles. The number of ether oxygens (including phenoxy) is 1. The first-order chi connectivity index (χ1) is 10.2. The van der Waals surface area contributed by atoms with Crippen LogP contribution in [-0.2, 0) is 18.0 Å². The van der Waals surface area contributed by atoms with Crippen molar-refractivity contribution >= 4 is 0 Å². The van der Waals surface area contributed by atoms with Crippen LogP contribution in [0.4, 0.5) is 0 Å². The molecule has 21 heavy (non-hydrogen) atoms. The van der Waals surface area contributed by atoms with Gasteiger partial charge in [-0.15, -0.1) is 0 Å². The summed E-state index contributed by atoms with van der Waals surface area (Å²) >= 11 is 0. The molecule has 0 saturated carbocycles. The Kier molecular flexibility index (Phi) is 4.13. The molecule has 0 spiro atoms. The lowest BCUT2D eigenvalue weighted by Gasteiger charge is -2.19. The molecule has 2 heterocycles. The smallest absolute Gasteiger partial charge is 0.106 e. The topological polar surface area (TPSA) is 34.4 Å². The van der Waals surface area contributed by atoms with E-state index in [0.29, 0.717) is 0 Å². The van der Waals surface area contributed by atoms with Crippen molar-refractivity contribution in [1.82, 2.24) is 5.32 Å². The fraction of sp³-hybridized carbons (Fsp3) is 0.444. The van der Waals surface area contributed by atoms with Crippen LogP contribution in [0.2, 0.25) is 0 Å². The van der Waals surface area contributed by atoms with Gasteiger partial charge < -0.3 is 14.5 Å². The van der Waals surface area contributed by atoms with Crippen molar-refractivity contribution in [2.75, 3.05) is 6.54 Å². The van der Waals surface area contributed by atoms with Gasteiger partial charge in [0.25, 0.3) is 0 Å². The predicted octanol–water partition coefficient (Wildman–Crippen LogP) is 4.02. The molecule has 1 unspecified atom stereocenters. The van der Waals surface area contributed by atoms with Crippen molar-refractivity contribution in [3.63, 3.8) is 0 Å². The molecule has 112 valence electrons. The van der Waals surface area contributed by atoms with E-state index in [1.165, 1.54) is 22.3 Å². The van der Waals surface area contributed by atoms with E-state index < -0.39 is 0 Å². The van der Waals surface area contributed by atoms with Gasteiger partial charge in [-0.3, -0.25) is 0 Å². The van der Waals surface area contributed by atoms with Crippen molar-refractivity contribution < 1.29 is 9.15 Å². The standard InChI is InChI=1S/C18H23NO2/c1-4-7-19-18(17-8-12(2)21-13(17)3)14-5-6-15-10-20-11-16(15)9-14/h5-6,8-9,18-19H,4,7,10-11H2,1-3H3. The van der Waals surface area contributed by atoms with Crippen molar-refractivity contribution in [2.24, 2.45) is 0 Å². The van der Waals surface area contributed by atoms with E-state index in [0.717, 1.165) is 37.7 Å². The highest BCUT2D eigenvalue weighted by Gasteiger charge is 2.21. The average molecular weight is 285 g/mol. The Labute approximate surface area is 126 Å². The highest BCUT2D eigenvalue weighted by molar-refractivity contribution is 5.40. The van der Waals surface area contributed by atoms with Gasteiger partial charge in [-0.05, 0) is 49.6 Å². The Balaban J connectivity index is 1.97. The van der Waals surface area contributed by atoms with Gasteiger partial charge in [0.15, 0.2) is 0 Å². The minimum absolute atomic E-state index is 0.188. The fourth-order valence-electron chi connectivity index (χ4n) is 3.00. The number of nitrogens with one attached hydrogen (secondary N) is 1. The summed E-state index contributed by atoms with van der Waals surface area (Å²) in [4.78, 5) is 0. The van der Waals surface area contributed by atoms with Crippen LogP contribution in [0.1, 0.15) is 53.2 Å². The third kappa shape index (κ3) is 2.89. The van der Waals surface area contributed by atoms with E-state index in [9.17, 15) is 0 Å². The molecule has 0 amide bonds. The van der Waals surface area contributed by atoms with Crippen LogP contribution in [-0.4, -0.2) is 6.54 Å². The summed E-state index contributed by atoms with van der Waals surface area (Å²) in [5.41, 5.74) is 5.15. The van der Waals surface area contributed by atoms with Crippen LogP contribution in [0, 0.1) is 13.8 Å². The summed E-state index contributed by atoms with van der Waals surface area (Å²) < 4.78 is 11.3. The molecule has 1 atom stereocenters. The zero-order chi connectivity index (χ0) is 14.8. The summed E-state index contributed by atoms with van der Waals surface area (Å²) in [5.74, 6) is 1.97. The SMILES string of the molecule is CCCNC(c1ccc2c(c1)COC2)c1cc(C)oc1C. The molecule has 1 aromatic carbocycles. The summed E-state index contributed by atoms with van der Waals surface area (Å²) in [5, 5.41) is 3.65. The normalized spacial score (nSPS) is 15.2. The van der Waals surface area contributed by atoms with Gasteiger partial charge in [-0.2, -0.15) is 0 Å². The zero-order valence-corrected chi connectivity index (χ0v) is 13.0. The van der Waals surface area contributed by atoms with Gasteiger partial charge >= 0.3 is 0 Å². The van der Waals surface area contributed by atoms with Gasteiger partial charge in [0.05, 0.1) is 19.3 Å². The lowest BCUT2D eigenvalue weighted by atomic mass is 9.95. The molecule has 1 aliphatic heterocycles. The molecule has 1 aliphatic rings. The highest BCUT2D eigenvalue weighted by Crippen LogP contribution is 2.30.